The van der Waals surface area contributed by atoms with E-state index in [0.717, 1.165) is 36.6 Å². The van der Waals surface area contributed by atoms with Gasteiger partial charge in [0.2, 0.25) is 0 Å². The topological polar surface area (TPSA) is 37.6 Å². The van der Waals surface area contributed by atoms with E-state index in [1.807, 2.05) is 61.1 Å². The van der Waals surface area contributed by atoms with Crippen molar-refractivity contribution in [2.75, 3.05) is 27.2 Å². The van der Waals surface area contributed by atoms with Crippen LogP contribution in [0.5, 0.6) is 5.75 Å². The van der Waals surface area contributed by atoms with Gasteiger partial charge in [0, 0.05) is 24.6 Å². The molecular formula is C18H28N2O2. The second kappa shape index (κ2) is 10.0. The van der Waals surface area contributed by atoms with Crippen LogP contribution in [0.25, 0.3) is 5.69 Å². The van der Waals surface area contributed by atoms with E-state index in [4.69, 9.17) is 9.84 Å². The van der Waals surface area contributed by atoms with Gasteiger partial charge in [0.1, 0.15) is 5.75 Å². The average Bonchev–Trinajstić information content (AvgIpc) is 3.03. The van der Waals surface area contributed by atoms with E-state index >= 15 is 0 Å². The molecule has 4 heteroatoms. The molecule has 1 N–H and O–H groups in total. The third-order valence-corrected chi connectivity index (χ3v) is 3.09. The normalized spacial score (nSPS) is 10.3. The number of ether oxygens (including phenoxy) is 1. The van der Waals surface area contributed by atoms with Gasteiger partial charge in [-0.1, -0.05) is 13.8 Å². The molecule has 2 rings (SSSR count). The van der Waals surface area contributed by atoms with Crippen molar-refractivity contribution in [3.8, 4) is 11.4 Å². The van der Waals surface area contributed by atoms with Crippen LogP contribution in [0.1, 0.15) is 25.8 Å². The number of aliphatic hydroxyl groups excluding tert-OH is 1. The second-order valence-corrected chi connectivity index (χ2v) is 5.08. The minimum atomic E-state index is 0.0695. The van der Waals surface area contributed by atoms with Gasteiger partial charge >= 0.3 is 0 Å². The van der Waals surface area contributed by atoms with Gasteiger partial charge in [0.15, 0.2) is 0 Å². The first-order chi connectivity index (χ1) is 10.7. The zero-order valence-corrected chi connectivity index (χ0v) is 14.1. The largest absolute Gasteiger partial charge is 0.494 e. The molecule has 0 bridgehead atoms. The maximum Gasteiger partial charge on any atom is 0.119 e. The van der Waals surface area contributed by atoms with E-state index in [9.17, 15) is 0 Å². The Hall–Kier alpha value is -1.78. The summed E-state index contributed by atoms with van der Waals surface area (Å²) >= 11 is 0. The van der Waals surface area contributed by atoms with Crippen molar-refractivity contribution in [2.45, 2.75) is 26.9 Å². The van der Waals surface area contributed by atoms with E-state index in [0.29, 0.717) is 0 Å². The molecule has 2 aromatic rings. The van der Waals surface area contributed by atoms with E-state index in [2.05, 4.69) is 19.0 Å². The number of hydrogen-bond acceptors (Lipinski definition) is 3. The first-order valence-corrected chi connectivity index (χ1v) is 7.85. The summed E-state index contributed by atoms with van der Waals surface area (Å²) in [6.45, 7) is 5.83. The van der Waals surface area contributed by atoms with E-state index in [1.54, 1.807) is 0 Å². The molecule has 0 aliphatic heterocycles. The number of rotatable bonds is 7. The zero-order valence-electron chi connectivity index (χ0n) is 14.1. The summed E-state index contributed by atoms with van der Waals surface area (Å²) in [5, 5.41) is 9.06. The van der Waals surface area contributed by atoms with Gasteiger partial charge < -0.3 is 19.3 Å². The molecule has 0 amide bonds. The predicted molar refractivity (Wildman–Crippen MR) is 91.7 cm³/mol. The molecule has 0 saturated heterocycles. The van der Waals surface area contributed by atoms with Crippen molar-refractivity contribution < 1.29 is 9.84 Å². The highest BCUT2D eigenvalue weighted by molar-refractivity contribution is 5.38. The number of aliphatic hydroxyl groups is 1. The second-order valence-electron chi connectivity index (χ2n) is 5.08. The van der Waals surface area contributed by atoms with Crippen LogP contribution in [-0.4, -0.2) is 41.8 Å². The average molecular weight is 304 g/mol. The lowest BCUT2D eigenvalue weighted by Gasteiger charge is -2.11. The van der Waals surface area contributed by atoms with Gasteiger partial charge in [0.25, 0.3) is 0 Å². The molecule has 1 aromatic carbocycles. The lowest BCUT2D eigenvalue weighted by molar-refractivity contribution is 0.281. The minimum Gasteiger partial charge on any atom is -0.494 e. The summed E-state index contributed by atoms with van der Waals surface area (Å²) in [4.78, 5) is 2.15. The van der Waals surface area contributed by atoms with E-state index in [-0.39, 0.29) is 6.61 Å². The molecule has 1 aromatic heterocycles. The fraction of sp³-hybridized carbons (Fsp3) is 0.444. The first-order valence-electron chi connectivity index (χ1n) is 7.85. The molecule has 122 valence electrons. The van der Waals surface area contributed by atoms with Crippen LogP contribution in [0.3, 0.4) is 0 Å². The molecule has 0 fully saturated rings. The molecule has 0 spiro atoms. The quantitative estimate of drug-likeness (QED) is 0.797. The van der Waals surface area contributed by atoms with Crippen molar-refractivity contribution in [3.05, 3.63) is 48.3 Å². The van der Waals surface area contributed by atoms with Crippen LogP contribution in [0.4, 0.5) is 0 Å². The molecule has 4 nitrogen and oxygen atoms in total. The Bertz CT molecular complexity index is 518. The maximum atomic E-state index is 9.06. The number of hydrogen-bond donors (Lipinski definition) is 1. The Labute approximate surface area is 134 Å². The summed E-state index contributed by atoms with van der Waals surface area (Å²) in [5.41, 5.74) is 1.97. The number of benzene rings is 1. The molecule has 0 aliphatic rings. The summed E-state index contributed by atoms with van der Waals surface area (Å²) in [6.07, 6.45) is 4.89. The van der Waals surface area contributed by atoms with Crippen LogP contribution < -0.4 is 4.74 Å². The van der Waals surface area contributed by atoms with E-state index in [1.165, 1.54) is 0 Å². The third-order valence-electron chi connectivity index (χ3n) is 3.09. The SMILES string of the molecule is CC.CN(C)CCCOc1ccc(-n2ccc(CO)c2)cc1. The maximum absolute atomic E-state index is 9.06. The zero-order chi connectivity index (χ0) is 16.4. The van der Waals surface area contributed by atoms with Crippen LogP contribution in [0, 0.1) is 0 Å². The molecule has 0 radical (unpaired) electrons. The first kappa shape index (κ1) is 18.3. The van der Waals surface area contributed by atoms with Crippen molar-refractivity contribution in [3.63, 3.8) is 0 Å². The summed E-state index contributed by atoms with van der Waals surface area (Å²) in [5.74, 6) is 0.891. The van der Waals surface area contributed by atoms with Crippen LogP contribution in [0.2, 0.25) is 0 Å². The Morgan fingerprint density at radius 3 is 2.32 bits per heavy atom. The highest BCUT2D eigenvalue weighted by Crippen LogP contribution is 2.16. The number of aromatic nitrogens is 1. The Kier molecular flexibility index (Phi) is 8.33. The monoisotopic (exact) mass is 304 g/mol. The van der Waals surface area contributed by atoms with Gasteiger partial charge in [-0.3, -0.25) is 0 Å². The van der Waals surface area contributed by atoms with Crippen molar-refractivity contribution in [1.29, 1.82) is 0 Å². The predicted octanol–water partition coefficient (Wildman–Crippen LogP) is 3.33. The molecule has 0 saturated carbocycles. The standard InChI is InChI=1S/C16H22N2O2.C2H6/c1-17(2)9-3-11-20-16-6-4-15(5-7-16)18-10-8-14(12-18)13-19;1-2/h4-8,10,12,19H,3,9,11,13H2,1-2H3;1-2H3. The molecule has 0 aliphatic carbocycles. The Morgan fingerprint density at radius 1 is 1.09 bits per heavy atom. The van der Waals surface area contributed by atoms with Gasteiger partial charge in [-0.15, -0.1) is 0 Å². The molecular weight excluding hydrogens is 276 g/mol. The third kappa shape index (κ3) is 5.92. The van der Waals surface area contributed by atoms with Crippen molar-refractivity contribution in [1.82, 2.24) is 9.47 Å². The van der Waals surface area contributed by atoms with Gasteiger partial charge in [-0.2, -0.15) is 0 Å². The fourth-order valence-electron chi connectivity index (χ4n) is 1.98. The van der Waals surface area contributed by atoms with Gasteiger partial charge in [0.05, 0.1) is 13.2 Å². The molecule has 0 atom stereocenters. The summed E-state index contributed by atoms with van der Waals surface area (Å²) < 4.78 is 7.69. The summed E-state index contributed by atoms with van der Waals surface area (Å²) in [7, 11) is 4.12. The lowest BCUT2D eigenvalue weighted by atomic mass is 10.3. The van der Waals surface area contributed by atoms with Crippen LogP contribution in [-0.2, 0) is 6.61 Å². The molecule has 0 unspecified atom stereocenters. The minimum absolute atomic E-state index is 0.0695. The van der Waals surface area contributed by atoms with E-state index < -0.39 is 0 Å². The highest BCUT2D eigenvalue weighted by Gasteiger charge is 2.00. The summed E-state index contributed by atoms with van der Waals surface area (Å²) in [6, 6.07) is 9.89. The van der Waals surface area contributed by atoms with Gasteiger partial charge in [-0.25, -0.2) is 0 Å². The lowest BCUT2D eigenvalue weighted by Crippen LogP contribution is -2.15. The van der Waals surface area contributed by atoms with Crippen LogP contribution >= 0.6 is 0 Å². The Morgan fingerprint density at radius 2 is 1.77 bits per heavy atom. The Balaban J connectivity index is 0.00000116. The molecule has 1 heterocycles. The smallest absolute Gasteiger partial charge is 0.119 e. The van der Waals surface area contributed by atoms with Gasteiger partial charge in [-0.05, 0) is 56.4 Å². The van der Waals surface area contributed by atoms with Crippen molar-refractivity contribution >= 4 is 0 Å². The van der Waals surface area contributed by atoms with Crippen LogP contribution in [0.15, 0.2) is 42.7 Å². The molecule has 22 heavy (non-hydrogen) atoms. The fourth-order valence-corrected chi connectivity index (χ4v) is 1.98. The van der Waals surface area contributed by atoms with Crippen molar-refractivity contribution in [2.24, 2.45) is 0 Å². The number of nitrogens with zero attached hydrogens (tertiary/aromatic N) is 2. The highest BCUT2D eigenvalue weighted by atomic mass is 16.5.